The summed E-state index contributed by atoms with van der Waals surface area (Å²) in [6.07, 6.45) is -1.43. The van der Waals surface area contributed by atoms with Crippen molar-refractivity contribution in [2.45, 2.75) is 12.2 Å². The Morgan fingerprint density at radius 2 is 1.75 bits per heavy atom. The van der Waals surface area contributed by atoms with Crippen molar-refractivity contribution in [3.05, 3.63) is 35.9 Å². The van der Waals surface area contributed by atoms with Crippen LogP contribution in [0.1, 0.15) is 11.7 Å². The minimum atomic E-state index is -0.761. The second kappa shape index (κ2) is 4.79. The summed E-state index contributed by atoms with van der Waals surface area (Å²) < 4.78 is 0.536. The van der Waals surface area contributed by atoms with Crippen LogP contribution in [-0.2, 0) is 0 Å². The number of benzene rings is 1. The van der Waals surface area contributed by atoms with E-state index in [9.17, 15) is 10.2 Å². The van der Waals surface area contributed by atoms with Gasteiger partial charge in [-0.25, -0.2) is 0 Å². The molecular weight excluding hydrogens is 267 g/mol. The first kappa shape index (κ1) is 9.95. The molecule has 0 spiro atoms. The molecule has 0 saturated heterocycles. The van der Waals surface area contributed by atoms with E-state index in [2.05, 4.69) is 0 Å². The normalized spacial score (nSPS) is 15.6. The molecule has 0 aliphatic heterocycles. The maximum Gasteiger partial charge on any atom is 0.106 e. The Labute approximate surface area is 85.4 Å². The van der Waals surface area contributed by atoms with Crippen molar-refractivity contribution in [3.63, 3.8) is 0 Å². The van der Waals surface area contributed by atoms with Crippen LogP contribution in [0.2, 0.25) is 0 Å². The fourth-order valence-electron chi connectivity index (χ4n) is 0.957. The van der Waals surface area contributed by atoms with Crippen molar-refractivity contribution in [1.29, 1.82) is 0 Å². The highest BCUT2D eigenvalue weighted by atomic mass is 127. The zero-order chi connectivity index (χ0) is 8.97. The molecule has 0 amide bonds. The second-order valence-corrected chi connectivity index (χ2v) is 3.46. The Morgan fingerprint density at radius 1 is 1.17 bits per heavy atom. The van der Waals surface area contributed by atoms with Crippen molar-refractivity contribution < 1.29 is 10.2 Å². The Hall–Kier alpha value is -0.130. The maximum absolute atomic E-state index is 9.53. The fraction of sp³-hybridized carbons (Fsp3) is 0.333. The molecule has 0 radical (unpaired) electrons. The van der Waals surface area contributed by atoms with Gasteiger partial charge >= 0.3 is 0 Å². The van der Waals surface area contributed by atoms with Gasteiger partial charge in [-0.1, -0.05) is 52.9 Å². The predicted molar refractivity (Wildman–Crippen MR) is 56.3 cm³/mol. The van der Waals surface area contributed by atoms with E-state index in [4.69, 9.17) is 0 Å². The summed E-state index contributed by atoms with van der Waals surface area (Å²) in [6.45, 7) is 0. The van der Waals surface area contributed by atoms with E-state index < -0.39 is 12.2 Å². The number of halogens is 1. The van der Waals surface area contributed by atoms with Crippen molar-refractivity contribution >= 4 is 22.6 Å². The van der Waals surface area contributed by atoms with E-state index in [-0.39, 0.29) is 0 Å². The Balaban J connectivity index is 2.71. The van der Waals surface area contributed by atoms with Crippen LogP contribution >= 0.6 is 22.6 Å². The minimum Gasteiger partial charge on any atom is -0.389 e. The van der Waals surface area contributed by atoms with Crippen LogP contribution in [0.15, 0.2) is 30.3 Å². The van der Waals surface area contributed by atoms with Gasteiger partial charge in [0, 0.05) is 4.43 Å². The minimum absolute atomic E-state index is 0.536. The zero-order valence-corrected chi connectivity index (χ0v) is 8.68. The van der Waals surface area contributed by atoms with E-state index >= 15 is 0 Å². The van der Waals surface area contributed by atoms with Crippen LogP contribution in [0.5, 0.6) is 0 Å². The van der Waals surface area contributed by atoms with E-state index in [1.807, 2.05) is 40.8 Å². The molecular formula is C9H11IO2. The van der Waals surface area contributed by atoms with Crippen LogP contribution in [0.3, 0.4) is 0 Å². The average molecular weight is 278 g/mol. The first-order valence-electron chi connectivity index (χ1n) is 3.72. The summed E-state index contributed by atoms with van der Waals surface area (Å²) in [6, 6.07) is 9.18. The van der Waals surface area contributed by atoms with Gasteiger partial charge in [-0.3, -0.25) is 0 Å². The molecule has 2 atom stereocenters. The molecule has 0 aliphatic rings. The zero-order valence-electron chi connectivity index (χ0n) is 6.52. The van der Waals surface area contributed by atoms with Crippen molar-refractivity contribution in [3.8, 4) is 0 Å². The molecule has 1 rings (SSSR count). The number of alkyl halides is 1. The highest BCUT2D eigenvalue weighted by Crippen LogP contribution is 2.17. The van der Waals surface area contributed by atoms with E-state index in [0.29, 0.717) is 4.43 Å². The van der Waals surface area contributed by atoms with Crippen LogP contribution in [0.4, 0.5) is 0 Å². The molecule has 3 heteroatoms. The van der Waals surface area contributed by atoms with Crippen molar-refractivity contribution in [2.24, 2.45) is 0 Å². The number of hydrogen-bond donors (Lipinski definition) is 2. The van der Waals surface area contributed by atoms with Crippen molar-refractivity contribution in [2.75, 3.05) is 4.43 Å². The van der Waals surface area contributed by atoms with Crippen LogP contribution < -0.4 is 0 Å². The number of aliphatic hydroxyl groups excluding tert-OH is 2. The molecule has 0 unspecified atom stereocenters. The van der Waals surface area contributed by atoms with E-state index in [0.717, 1.165) is 5.56 Å². The number of aliphatic hydroxyl groups is 2. The van der Waals surface area contributed by atoms with Gasteiger partial charge in [0.1, 0.15) is 6.10 Å². The van der Waals surface area contributed by atoms with E-state index in [1.54, 1.807) is 12.1 Å². The monoisotopic (exact) mass is 278 g/mol. The van der Waals surface area contributed by atoms with Crippen LogP contribution in [0, 0.1) is 0 Å². The molecule has 2 nitrogen and oxygen atoms in total. The smallest absolute Gasteiger partial charge is 0.106 e. The molecule has 0 fully saturated rings. The molecule has 0 saturated carbocycles. The van der Waals surface area contributed by atoms with Gasteiger partial charge in [0.2, 0.25) is 0 Å². The summed E-state index contributed by atoms with van der Waals surface area (Å²) in [4.78, 5) is 0. The Kier molecular flexibility index (Phi) is 3.97. The number of rotatable bonds is 3. The van der Waals surface area contributed by atoms with Gasteiger partial charge in [-0.2, -0.15) is 0 Å². The van der Waals surface area contributed by atoms with Gasteiger partial charge in [-0.05, 0) is 5.56 Å². The molecule has 66 valence electrons. The summed E-state index contributed by atoms with van der Waals surface area (Å²) in [5.41, 5.74) is 0.765. The Morgan fingerprint density at radius 3 is 2.25 bits per heavy atom. The van der Waals surface area contributed by atoms with Gasteiger partial charge < -0.3 is 10.2 Å². The molecule has 0 bridgehead atoms. The largest absolute Gasteiger partial charge is 0.389 e. The average Bonchev–Trinajstić information content (AvgIpc) is 2.17. The van der Waals surface area contributed by atoms with Crippen molar-refractivity contribution in [1.82, 2.24) is 0 Å². The van der Waals surface area contributed by atoms with Gasteiger partial charge in [0.15, 0.2) is 0 Å². The molecule has 1 aromatic carbocycles. The predicted octanol–water partition coefficient (Wildman–Crippen LogP) is 1.52. The lowest BCUT2D eigenvalue weighted by atomic mass is 10.1. The van der Waals surface area contributed by atoms with E-state index in [1.165, 1.54) is 0 Å². The van der Waals surface area contributed by atoms with Gasteiger partial charge in [0.05, 0.1) is 6.10 Å². The fourth-order valence-corrected chi connectivity index (χ4v) is 1.44. The molecule has 0 aromatic heterocycles. The molecule has 0 aliphatic carbocycles. The SMILES string of the molecule is O[C@H](CI)[C@H](O)c1ccccc1. The van der Waals surface area contributed by atoms with Gasteiger partial charge in [0.25, 0.3) is 0 Å². The molecule has 2 N–H and O–H groups in total. The lowest BCUT2D eigenvalue weighted by molar-refractivity contribution is 0.0353. The summed E-state index contributed by atoms with van der Waals surface area (Å²) in [5, 5.41) is 18.9. The third-order valence-corrected chi connectivity index (χ3v) is 2.57. The first-order valence-corrected chi connectivity index (χ1v) is 5.25. The quantitative estimate of drug-likeness (QED) is 0.650. The number of hydrogen-bond acceptors (Lipinski definition) is 2. The molecule has 0 heterocycles. The first-order chi connectivity index (χ1) is 5.75. The topological polar surface area (TPSA) is 40.5 Å². The third-order valence-electron chi connectivity index (χ3n) is 1.66. The third kappa shape index (κ3) is 2.43. The lowest BCUT2D eigenvalue weighted by Gasteiger charge is -2.15. The highest BCUT2D eigenvalue weighted by Gasteiger charge is 2.15. The highest BCUT2D eigenvalue weighted by molar-refractivity contribution is 14.1. The molecule has 12 heavy (non-hydrogen) atoms. The second-order valence-electron chi connectivity index (χ2n) is 2.58. The van der Waals surface area contributed by atoms with Crippen LogP contribution in [0.25, 0.3) is 0 Å². The molecule has 1 aromatic rings. The van der Waals surface area contributed by atoms with Crippen LogP contribution in [-0.4, -0.2) is 20.7 Å². The summed E-state index contributed by atoms with van der Waals surface area (Å²) >= 11 is 2.05. The summed E-state index contributed by atoms with van der Waals surface area (Å²) in [7, 11) is 0. The summed E-state index contributed by atoms with van der Waals surface area (Å²) in [5.74, 6) is 0. The Bertz CT molecular complexity index is 225. The van der Waals surface area contributed by atoms with Gasteiger partial charge in [-0.15, -0.1) is 0 Å². The standard InChI is InChI=1S/C9H11IO2/c10-6-8(11)9(12)7-4-2-1-3-5-7/h1-5,8-9,11-12H,6H2/t8-,9-/m1/s1. The maximum atomic E-state index is 9.53. The lowest BCUT2D eigenvalue weighted by Crippen LogP contribution is -2.19.